The number of hydrogen-bond donors (Lipinski definition) is 1. The number of carbonyl (C=O) groups is 6. The molecule has 0 aliphatic carbocycles. The zero-order valence-corrected chi connectivity index (χ0v) is 20.3. The molecular formula is C23H27NO12. The number of amides is 1. The Labute approximate surface area is 206 Å². The van der Waals surface area contributed by atoms with E-state index in [1.807, 2.05) is 0 Å². The van der Waals surface area contributed by atoms with Crippen molar-refractivity contribution in [2.45, 2.75) is 65.3 Å². The number of ether oxygens (including phenoxy) is 6. The van der Waals surface area contributed by atoms with Gasteiger partial charge in [-0.25, -0.2) is 0 Å². The van der Waals surface area contributed by atoms with E-state index in [0.717, 1.165) is 34.6 Å². The van der Waals surface area contributed by atoms with Crippen LogP contribution < -0.4 is 10.1 Å². The Hall–Kier alpha value is -4.00. The molecule has 1 heterocycles. The molecule has 2 rings (SSSR count). The highest BCUT2D eigenvalue weighted by molar-refractivity contribution is 5.97. The summed E-state index contributed by atoms with van der Waals surface area (Å²) in [4.78, 5) is 71.6. The summed E-state index contributed by atoms with van der Waals surface area (Å²) in [7, 11) is 0. The summed E-state index contributed by atoms with van der Waals surface area (Å²) < 4.78 is 31.6. The van der Waals surface area contributed by atoms with Gasteiger partial charge in [-0.05, 0) is 12.1 Å². The van der Waals surface area contributed by atoms with Crippen LogP contribution in [0.3, 0.4) is 0 Å². The number of nitrogens with one attached hydrogen (secondary N) is 1. The first-order valence-electron chi connectivity index (χ1n) is 10.8. The Bertz CT molecular complexity index is 1020. The van der Waals surface area contributed by atoms with E-state index >= 15 is 0 Å². The smallest absolute Gasteiger partial charge is 0.308 e. The molecule has 0 aromatic heterocycles. The Morgan fingerprint density at radius 2 is 1.36 bits per heavy atom. The maximum Gasteiger partial charge on any atom is 0.308 e. The molecule has 1 fully saturated rings. The van der Waals surface area contributed by atoms with Crippen LogP contribution in [0.4, 0.5) is 0 Å². The third-order valence-corrected chi connectivity index (χ3v) is 4.67. The molecule has 1 N–H and O–H groups in total. The highest BCUT2D eigenvalue weighted by Gasteiger charge is 2.52. The first-order valence-corrected chi connectivity index (χ1v) is 10.8. The van der Waals surface area contributed by atoms with Crippen molar-refractivity contribution in [2.24, 2.45) is 0 Å². The first-order chi connectivity index (χ1) is 16.9. The number of hydrogen-bond acceptors (Lipinski definition) is 12. The summed E-state index contributed by atoms with van der Waals surface area (Å²) in [6.45, 7) is 5.10. The summed E-state index contributed by atoms with van der Waals surface area (Å²) in [6.07, 6.45) is -5.58. The van der Waals surface area contributed by atoms with E-state index in [4.69, 9.17) is 28.4 Å². The van der Waals surface area contributed by atoms with Crippen LogP contribution in [0.15, 0.2) is 24.3 Å². The summed E-state index contributed by atoms with van der Waals surface area (Å²) >= 11 is 0. The Morgan fingerprint density at radius 1 is 0.778 bits per heavy atom. The summed E-state index contributed by atoms with van der Waals surface area (Å²) in [5.41, 5.74) is -0.0677. The van der Waals surface area contributed by atoms with Crippen molar-refractivity contribution in [3.8, 4) is 5.75 Å². The van der Waals surface area contributed by atoms with Gasteiger partial charge in [0.05, 0.1) is 5.56 Å². The second kappa shape index (κ2) is 12.6. The van der Waals surface area contributed by atoms with Crippen molar-refractivity contribution < 1.29 is 57.2 Å². The third-order valence-electron chi connectivity index (χ3n) is 4.67. The SMILES string of the molecule is CC(=O)OC[C@@H]1O[C@H](OC(C)=O)[C@H](NC(=O)c2ccccc2OC(C)=O)[C@@H](OC(C)=O)[C@@H]1OC(C)=O. The van der Waals surface area contributed by atoms with Crippen molar-refractivity contribution in [1.29, 1.82) is 0 Å². The molecule has 1 aromatic rings. The van der Waals surface area contributed by atoms with Gasteiger partial charge in [0.1, 0.15) is 24.5 Å². The summed E-state index contributed by atoms with van der Waals surface area (Å²) in [6, 6.07) is 4.42. The van der Waals surface area contributed by atoms with Crippen molar-refractivity contribution in [3.63, 3.8) is 0 Å². The summed E-state index contributed by atoms with van der Waals surface area (Å²) in [5.74, 6) is -4.62. The van der Waals surface area contributed by atoms with Crippen molar-refractivity contribution in [1.82, 2.24) is 5.32 Å². The van der Waals surface area contributed by atoms with Gasteiger partial charge in [-0.15, -0.1) is 0 Å². The predicted molar refractivity (Wildman–Crippen MR) is 117 cm³/mol. The minimum atomic E-state index is -1.55. The zero-order chi connectivity index (χ0) is 27.0. The van der Waals surface area contributed by atoms with E-state index in [0.29, 0.717) is 0 Å². The number of rotatable bonds is 8. The number of esters is 5. The van der Waals surface area contributed by atoms with Crippen LogP contribution in [-0.2, 0) is 47.7 Å². The molecule has 0 unspecified atom stereocenters. The van der Waals surface area contributed by atoms with Crippen molar-refractivity contribution in [2.75, 3.05) is 6.61 Å². The van der Waals surface area contributed by atoms with Gasteiger partial charge in [0.2, 0.25) is 6.29 Å². The van der Waals surface area contributed by atoms with E-state index < -0.39 is 73.0 Å². The maximum atomic E-state index is 13.2. The van der Waals surface area contributed by atoms with Gasteiger partial charge in [0.15, 0.2) is 12.2 Å². The fraction of sp³-hybridized carbons (Fsp3) is 0.478. The quantitative estimate of drug-likeness (QED) is 0.292. The molecule has 1 aliphatic rings. The second-order valence-electron chi connectivity index (χ2n) is 7.69. The molecular weight excluding hydrogens is 482 g/mol. The van der Waals surface area contributed by atoms with Gasteiger partial charge >= 0.3 is 29.8 Å². The van der Waals surface area contributed by atoms with E-state index in [1.54, 1.807) is 6.07 Å². The van der Waals surface area contributed by atoms with Gasteiger partial charge in [-0.1, -0.05) is 12.1 Å². The van der Waals surface area contributed by atoms with E-state index in [9.17, 15) is 28.8 Å². The van der Waals surface area contributed by atoms with Gasteiger partial charge < -0.3 is 33.7 Å². The monoisotopic (exact) mass is 509 g/mol. The van der Waals surface area contributed by atoms with Crippen LogP contribution in [0.1, 0.15) is 45.0 Å². The lowest BCUT2D eigenvalue weighted by Crippen LogP contribution is -2.67. The molecule has 1 saturated heterocycles. The number of benzene rings is 1. The Balaban J connectivity index is 2.50. The van der Waals surface area contributed by atoms with Crippen molar-refractivity contribution >= 4 is 35.8 Å². The minimum absolute atomic E-state index is 0.0587. The highest BCUT2D eigenvalue weighted by Crippen LogP contribution is 2.29. The average molecular weight is 509 g/mol. The predicted octanol–water partition coefficient (Wildman–Crippen LogP) is 0.425. The molecule has 0 bridgehead atoms. The minimum Gasteiger partial charge on any atom is -0.463 e. The van der Waals surface area contributed by atoms with Crippen LogP contribution >= 0.6 is 0 Å². The topological polar surface area (TPSA) is 170 Å². The molecule has 5 atom stereocenters. The molecule has 0 saturated carbocycles. The number of para-hydroxylation sites is 1. The molecule has 1 aromatic carbocycles. The molecule has 13 nitrogen and oxygen atoms in total. The molecule has 0 spiro atoms. The zero-order valence-electron chi connectivity index (χ0n) is 20.3. The number of carbonyl (C=O) groups excluding carboxylic acids is 6. The second-order valence-corrected chi connectivity index (χ2v) is 7.69. The Morgan fingerprint density at radius 3 is 1.92 bits per heavy atom. The van der Waals surface area contributed by atoms with Crippen LogP contribution in [0.25, 0.3) is 0 Å². The Kier molecular flexibility index (Phi) is 9.91. The van der Waals surface area contributed by atoms with Gasteiger partial charge in [0.25, 0.3) is 5.91 Å². The van der Waals surface area contributed by atoms with E-state index in [2.05, 4.69) is 5.32 Å². The van der Waals surface area contributed by atoms with E-state index in [-0.39, 0.29) is 11.3 Å². The lowest BCUT2D eigenvalue weighted by molar-refractivity contribution is -0.270. The first kappa shape index (κ1) is 28.2. The lowest BCUT2D eigenvalue weighted by atomic mass is 9.95. The van der Waals surface area contributed by atoms with Gasteiger partial charge in [0, 0.05) is 34.6 Å². The molecule has 1 aliphatic heterocycles. The van der Waals surface area contributed by atoms with E-state index in [1.165, 1.54) is 18.2 Å². The molecule has 36 heavy (non-hydrogen) atoms. The average Bonchev–Trinajstić information content (AvgIpc) is 2.75. The molecule has 0 radical (unpaired) electrons. The van der Waals surface area contributed by atoms with Crippen LogP contribution in [0.2, 0.25) is 0 Å². The van der Waals surface area contributed by atoms with Crippen molar-refractivity contribution in [3.05, 3.63) is 29.8 Å². The molecule has 196 valence electrons. The maximum absolute atomic E-state index is 13.2. The van der Waals surface area contributed by atoms with Gasteiger partial charge in [-0.2, -0.15) is 0 Å². The third kappa shape index (κ3) is 8.05. The lowest BCUT2D eigenvalue weighted by Gasteiger charge is -2.44. The van der Waals surface area contributed by atoms with Gasteiger partial charge in [-0.3, -0.25) is 28.8 Å². The molecule has 13 heteroatoms. The fourth-order valence-electron chi connectivity index (χ4n) is 3.45. The normalized spacial score (nSPS) is 23.0. The van der Waals surface area contributed by atoms with Crippen LogP contribution in [0.5, 0.6) is 5.75 Å². The standard InChI is InChI=1S/C23H27NO12/c1-11(25)31-10-18-20(33-13(3)27)21(34-14(4)28)19(23(36-18)35-15(5)29)24-22(30)16-8-6-7-9-17(16)32-12(2)26/h6-9,18-21,23H,10H2,1-5H3,(H,24,30)/t18-,19+,20+,21+,23-/m0/s1. The fourth-order valence-corrected chi connectivity index (χ4v) is 3.45. The van der Waals surface area contributed by atoms with Crippen LogP contribution in [-0.4, -0.2) is 73.0 Å². The molecule has 1 amide bonds. The largest absolute Gasteiger partial charge is 0.463 e. The summed E-state index contributed by atoms with van der Waals surface area (Å²) in [5, 5.41) is 2.54. The van der Waals surface area contributed by atoms with Crippen LogP contribution in [0, 0.1) is 0 Å². The highest BCUT2D eigenvalue weighted by atomic mass is 16.7.